The molecule has 0 aliphatic rings. The van der Waals surface area contributed by atoms with Gasteiger partial charge in [0.2, 0.25) is 0 Å². The van der Waals surface area contributed by atoms with Gasteiger partial charge in [-0.3, -0.25) is 4.79 Å². The second-order valence-electron chi connectivity index (χ2n) is 4.20. The van der Waals surface area contributed by atoms with E-state index in [1.54, 1.807) is 7.11 Å². The molecule has 0 spiro atoms. The van der Waals surface area contributed by atoms with E-state index in [2.05, 4.69) is 12.2 Å². The van der Waals surface area contributed by atoms with Crippen LogP contribution in [-0.4, -0.2) is 13.0 Å². The molecule has 1 aromatic heterocycles. The van der Waals surface area contributed by atoms with Crippen molar-refractivity contribution in [1.29, 1.82) is 0 Å². The maximum Gasteiger partial charge on any atom is 0.265 e. The molecule has 0 atom stereocenters. The van der Waals surface area contributed by atoms with E-state index < -0.39 is 0 Å². The van der Waals surface area contributed by atoms with Gasteiger partial charge in [-0.15, -0.1) is 11.3 Å². The standard InChI is InChI=1S/C15H17NO2S/c1-4-11-9-14(19-10(11)2)15(17)16-12-7-5-6-8-13(12)18-3/h5-9H,4H2,1-3H3,(H,16,17). The van der Waals surface area contributed by atoms with Gasteiger partial charge in [0.05, 0.1) is 17.7 Å². The number of para-hydroxylation sites is 2. The van der Waals surface area contributed by atoms with Crippen LogP contribution in [0.3, 0.4) is 0 Å². The zero-order valence-corrected chi connectivity index (χ0v) is 12.1. The fraction of sp³-hybridized carbons (Fsp3) is 0.267. The summed E-state index contributed by atoms with van der Waals surface area (Å²) in [6, 6.07) is 9.36. The maximum absolute atomic E-state index is 12.2. The van der Waals surface area contributed by atoms with Gasteiger partial charge in [-0.1, -0.05) is 19.1 Å². The summed E-state index contributed by atoms with van der Waals surface area (Å²) >= 11 is 1.53. The fourth-order valence-corrected chi connectivity index (χ4v) is 2.92. The van der Waals surface area contributed by atoms with E-state index in [1.165, 1.54) is 21.8 Å². The Morgan fingerprint density at radius 2 is 2.11 bits per heavy atom. The van der Waals surface area contributed by atoms with Crippen molar-refractivity contribution >= 4 is 22.9 Å². The number of rotatable bonds is 4. The van der Waals surface area contributed by atoms with Crippen molar-refractivity contribution in [2.75, 3.05) is 12.4 Å². The van der Waals surface area contributed by atoms with Crippen molar-refractivity contribution in [2.45, 2.75) is 20.3 Å². The molecule has 0 fully saturated rings. The first-order chi connectivity index (χ1) is 9.15. The molecule has 2 aromatic rings. The number of aryl methyl sites for hydroxylation is 2. The molecule has 0 aliphatic carbocycles. The van der Waals surface area contributed by atoms with Crippen LogP contribution < -0.4 is 10.1 Å². The average Bonchev–Trinajstić information content (AvgIpc) is 2.80. The van der Waals surface area contributed by atoms with Crippen LogP contribution in [0.5, 0.6) is 5.75 Å². The van der Waals surface area contributed by atoms with Crippen LogP contribution in [0.2, 0.25) is 0 Å². The average molecular weight is 275 g/mol. The lowest BCUT2D eigenvalue weighted by molar-refractivity contribution is 0.103. The highest BCUT2D eigenvalue weighted by atomic mass is 32.1. The minimum atomic E-state index is -0.0858. The molecule has 0 aliphatic heterocycles. The van der Waals surface area contributed by atoms with E-state index in [0.717, 1.165) is 11.3 Å². The molecule has 2 rings (SSSR count). The Labute approximate surface area is 117 Å². The molecule has 0 bridgehead atoms. The molecular formula is C15H17NO2S. The number of amides is 1. The minimum absolute atomic E-state index is 0.0858. The highest BCUT2D eigenvalue weighted by Crippen LogP contribution is 2.26. The number of thiophene rings is 1. The molecule has 0 saturated carbocycles. The lowest BCUT2D eigenvalue weighted by Crippen LogP contribution is -2.10. The number of benzene rings is 1. The molecule has 1 heterocycles. The number of carbonyl (C=O) groups excluding carboxylic acids is 1. The van der Waals surface area contributed by atoms with Crippen LogP contribution in [-0.2, 0) is 6.42 Å². The Kier molecular flexibility index (Phi) is 4.22. The van der Waals surface area contributed by atoms with Crippen molar-refractivity contribution in [3.8, 4) is 5.75 Å². The van der Waals surface area contributed by atoms with E-state index in [9.17, 15) is 4.79 Å². The first-order valence-corrected chi connectivity index (χ1v) is 7.01. The molecule has 0 radical (unpaired) electrons. The smallest absolute Gasteiger partial charge is 0.265 e. The van der Waals surface area contributed by atoms with Crippen LogP contribution in [0.25, 0.3) is 0 Å². The first-order valence-electron chi connectivity index (χ1n) is 6.19. The van der Waals surface area contributed by atoms with Gasteiger partial charge >= 0.3 is 0 Å². The molecule has 1 amide bonds. The summed E-state index contributed by atoms with van der Waals surface area (Å²) in [6.45, 7) is 4.14. The maximum atomic E-state index is 12.2. The Morgan fingerprint density at radius 3 is 2.74 bits per heavy atom. The van der Waals surface area contributed by atoms with Gasteiger partial charge in [-0.25, -0.2) is 0 Å². The van der Waals surface area contributed by atoms with E-state index >= 15 is 0 Å². The van der Waals surface area contributed by atoms with Crippen molar-refractivity contribution < 1.29 is 9.53 Å². The number of carbonyl (C=O) groups is 1. The number of ether oxygens (including phenoxy) is 1. The highest BCUT2D eigenvalue weighted by Gasteiger charge is 2.13. The summed E-state index contributed by atoms with van der Waals surface area (Å²) in [6.07, 6.45) is 0.949. The monoisotopic (exact) mass is 275 g/mol. The van der Waals surface area contributed by atoms with Crippen LogP contribution in [0.4, 0.5) is 5.69 Å². The topological polar surface area (TPSA) is 38.3 Å². The van der Waals surface area contributed by atoms with E-state index in [4.69, 9.17) is 4.74 Å². The highest BCUT2D eigenvalue weighted by molar-refractivity contribution is 7.14. The fourth-order valence-electron chi connectivity index (χ4n) is 1.91. The molecule has 19 heavy (non-hydrogen) atoms. The van der Waals surface area contributed by atoms with Crippen molar-refractivity contribution in [2.24, 2.45) is 0 Å². The second-order valence-corrected chi connectivity index (χ2v) is 5.46. The molecule has 100 valence electrons. The van der Waals surface area contributed by atoms with Gasteiger partial charge in [-0.2, -0.15) is 0 Å². The normalized spacial score (nSPS) is 10.3. The summed E-state index contributed by atoms with van der Waals surface area (Å²) in [5.41, 5.74) is 1.93. The van der Waals surface area contributed by atoms with Gasteiger partial charge in [-0.05, 0) is 37.1 Å². The zero-order chi connectivity index (χ0) is 13.8. The van der Waals surface area contributed by atoms with Crippen LogP contribution in [0.1, 0.15) is 27.0 Å². The number of nitrogens with one attached hydrogen (secondary N) is 1. The van der Waals surface area contributed by atoms with Gasteiger partial charge in [0, 0.05) is 4.88 Å². The van der Waals surface area contributed by atoms with Crippen LogP contribution in [0.15, 0.2) is 30.3 Å². The molecule has 3 nitrogen and oxygen atoms in total. The number of methoxy groups -OCH3 is 1. The molecular weight excluding hydrogens is 258 g/mol. The molecule has 1 aromatic carbocycles. The van der Waals surface area contributed by atoms with Gasteiger partial charge < -0.3 is 10.1 Å². The van der Waals surface area contributed by atoms with Gasteiger partial charge in [0.25, 0.3) is 5.91 Å². The van der Waals surface area contributed by atoms with Crippen molar-refractivity contribution in [3.05, 3.63) is 45.6 Å². The molecule has 1 N–H and O–H groups in total. The summed E-state index contributed by atoms with van der Waals surface area (Å²) in [5.74, 6) is 0.581. The quantitative estimate of drug-likeness (QED) is 0.919. The lowest BCUT2D eigenvalue weighted by Gasteiger charge is -2.08. The molecule has 4 heteroatoms. The lowest BCUT2D eigenvalue weighted by atomic mass is 10.2. The predicted octanol–water partition coefficient (Wildman–Crippen LogP) is 3.88. The first kappa shape index (κ1) is 13.6. The van der Waals surface area contributed by atoms with Gasteiger partial charge in [0.15, 0.2) is 0 Å². The van der Waals surface area contributed by atoms with E-state index in [1.807, 2.05) is 37.3 Å². The Bertz CT molecular complexity index is 590. The Hall–Kier alpha value is -1.81. The zero-order valence-electron chi connectivity index (χ0n) is 11.3. The summed E-state index contributed by atoms with van der Waals surface area (Å²) in [4.78, 5) is 14.1. The predicted molar refractivity (Wildman–Crippen MR) is 79.4 cm³/mol. The van der Waals surface area contributed by atoms with Crippen molar-refractivity contribution in [3.63, 3.8) is 0 Å². The Balaban J connectivity index is 2.20. The minimum Gasteiger partial charge on any atom is -0.495 e. The summed E-state index contributed by atoms with van der Waals surface area (Å²) in [7, 11) is 1.59. The molecule has 0 unspecified atom stereocenters. The van der Waals surface area contributed by atoms with Gasteiger partial charge in [0.1, 0.15) is 5.75 Å². The third kappa shape index (κ3) is 2.96. The summed E-state index contributed by atoms with van der Waals surface area (Å²) < 4.78 is 5.22. The van der Waals surface area contributed by atoms with E-state index in [0.29, 0.717) is 11.4 Å². The van der Waals surface area contributed by atoms with Crippen LogP contribution >= 0.6 is 11.3 Å². The number of hydrogen-bond acceptors (Lipinski definition) is 3. The summed E-state index contributed by atoms with van der Waals surface area (Å²) in [5, 5.41) is 2.89. The Morgan fingerprint density at radius 1 is 1.37 bits per heavy atom. The SMILES string of the molecule is CCc1cc(C(=O)Nc2ccccc2OC)sc1C. The number of hydrogen-bond donors (Lipinski definition) is 1. The van der Waals surface area contributed by atoms with Crippen LogP contribution in [0, 0.1) is 6.92 Å². The largest absolute Gasteiger partial charge is 0.495 e. The van der Waals surface area contributed by atoms with E-state index in [-0.39, 0.29) is 5.91 Å². The molecule has 0 saturated heterocycles. The third-order valence-electron chi connectivity index (χ3n) is 2.98. The second kappa shape index (κ2) is 5.89. The number of anilines is 1. The van der Waals surface area contributed by atoms with Crippen molar-refractivity contribution in [1.82, 2.24) is 0 Å². The third-order valence-corrected chi connectivity index (χ3v) is 4.07.